The molecule has 2 rings (SSSR count). The van der Waals surface area contributed by atoms with Gasteiger partial charge in [-0.2, -0.15) is 0 Å². The van der Waals surface area contributed by atoms with E-state index in [-0.39, 0.29) is 17.7 Å². The Bertz CT molecular complexity index is 586. The third kappa shape index (κ3) is 3.78. The van der Waals surface area contributed by atoms with Gasteiger partial charge in [-0.15, -0.1) is 0 Å². The molecule has 106 valence electrons. The van der Waals surface area contributed by atoms with Crippen LogP contribution in [-0.4, -0.2) is 6.54 Å². The molecule has 0 bridgehead atoms. The first-order valence-corrected chi connectivity index (χ1v) is 6.90. The van der Waals surface area contributed by atoms with Gasteiger partial charge in [0.05, 0.1) is 0 Å². The van der Waals surface area contributed by atoms with E-state index in [0.717, 1.165) is 5.56 Å². The molecule has 20 heavy (non-hydrogen) atoms. The van der Waals surface area contributed by atoms with E-state index in [0.29, 0.717) is 23.6 Å². The maximum absolute atomic E-state index is 14.0. The van der Waals surface area contributed by atoms with Crippen molar-refractivity contribution >= 4 is 11.6 Å². The summed E-state index contributed by atoms with van der Waals surface area (Å²) in [5, 5.41) is 3.59. The van der Waals surface area contributed by atoms with Crippen molar-refractivity contribution in [2.75, 3.05) is 6.54 Å². The standard InChI is InChI=1S/C16H16ClF2N/c1-2-20-16(9-11-4-3-5-13(18)8-11)14-7-6-12(17)10-15(14)19/h3-8,10,16,20H,2,9H2,1H3. The molecule has 4 heteroatoms. The fourth-order valence-electron chi connectivity index (χ4n) is 2.22. The summed E-state index contributed by atoms with van der Waals surface area (Å²) in [6, 6.07) is 10.8. The van der Waals surface area contributed by atoms with Gasteiger partial charge < -0.3 is 5.32 Å². The van der Waals surface area contributed by atoms with E-state index < -0.39 is 0 Å². The van der Waals surface area contributed by atoms with E-state index >= 15 is 0 Å². The van der Waals surface area contributed by atoms with Gasteiger partial charge >= 0.3 is 0 Å². The summed E-state index contributed by atoms with van der Waals surface area (Å²) in [5.74, 6) is -0.630. The maximum atomic E-state index is 14.0. The normalized spacial score (nSPS) is 12.4. The number of hydrogen-bond donors (Lipinski definition) is 1. The molecule has 0 amide bonds. The molecule has 2 aromatic carbocycles. The molecule has 0 aliphatic heterocycles. The zero-order valence-corrected chi connectivity index (χ0v) is 11.9. The second-order valence-corrected chi connectivity index (χ2v) is 5.05. The highest BCUT2D eigenvalue weighted by Crippen LogP contribution is 2.24. The Morgan fingerprint density at radius 1 is 1.15 bits per heavy atom. The lowest BCUT2D eigenvalue weighted by atomic mass is 9.98. The van der Waals surface area contributed by atoms with E-state index in [1.165, 1.54) is 18.2 Å². The van der Waals surface area contributed by atoms with E-state index in [1.54, 1.807) is 18.2 Å². The highest BCUT2D eigenvalue weighted by Gasteiger charge is 2.16. The van der Waals surface area contributed by atoms with Crippen LogP contribution in [0.25, 0.3) is 0 Å². The highest BCUT2D eigenvalue weighted by molar-refractivity contribution is 6.30. The molecule has 1 nitrogen and oxygen atoms in total. The van der Waals surface area contributed by atoms with Crippen molar-refractivity contribution in [1.82, 2.24) is 5.32 Å². The molecular weight excluding hydrogens is 280 g/mol. The Morgan fingerprint density at radius 3 is 2.60 bits per heavy atom. The van der Waals surface area contributed by atoms with Crippen LogP contribution < -0.4 is 5.32 Å². The molecule has 0 aromatic heterocycles. The summed E-state index contributed by atoms with van der Waals surface area (Å²) in [5.41, 5.74) is 1.37. The van der Waals surface area contributed by atoms with Crippen molar-refractivity contribution in [1.29, 1.82) is 0 Å². The Labute approximate surface area is 122 Å². The van der Waals surface area contributed by atoms with Gasteiger partial charge in [-0.25, -0.2) is 8.78 Å². The largest absolute Gasteiger partial charge is 0.310 e. The minimum absolute atomic E-state index is 0.209. The molecule has 2 aromatic rings. The first-order chi connectivity index (χ1) is 9.60. The Hall–Kier alpha value is -1.45. The molecule has 1 atom stereocenters. The molecule has 0 fully saturated rings. The smallest absolute Gasteiger partial charge is 0.129 e. The Balaban J connectivity index is 2.26. The van der Waals surface area contributed by atoms with E-state index in [2.05, 4.69) is 5.32 Å². The average Bonchev–Trinajstić information content (AvgIpc) is 2.38. The van der Waals surface area contributed by atoms with Crippen LogP contribution in [0.2, 0.25) is 5.02 Å². The fraction of sp³-hybridized carbons (Fsp3) is 0.250. The molecule has 1 N–H and O–H groups in total. The minimum Gasteiger partial charge on any atom is -0.310 e. The summed E-state index contributed by atoms with van der Waals surface area (Å²) in [6.45, 7) is 2.65. The summed E-state index contributed by atoms with van der Waals surface area (Å²) in [6.07, 6.45) is 0.518. The quantitative estimate of drug-likeness (QED) is 0.855. The third-order valence-corrected chi connectivity index (χ3v) is 3.35. The van der Waals surface area contributed by atoms with Crippen molar-refractivity contribution in [2.24, 2.45) is 0 Å². The van der Waals surface area contributed by atoms with Gasteiger partial charge in [0.25, 0.3) is 0 Å². The number of likely N-dealkylation sites (N-methyl/N-ethyl adjacent to an activating group) is 1. The van der Waals surface area contributed by atoms with Crippen molar-refractivity contribution in [3.63, 3.8) is 0 Å². The number of nitrogens with one attached hydrogen (secondary N) is 1. The molecule has 0 heterocycles. The molecule has 0 aliphatic carbocycles. The second-order valence-electron chi connectivity index (χ2n) is 4.61. The van der Waals surface area contributed by atoms with Crippen LogP contribution in [0.15, 0.2) is 42.5 Å². The lowest BCUT2D eigenvalue weighted by Crippen LogP contribution is -2.24. The second kappa shape index (κ2) is 6.82. The van der Waals surface area contributed by atoms with Crippen LogP contribution in [0.3, 0.4) is 0 Å². The number of benzene rings is 2. The van der Waals surface area contributed by atoms with Crippen LogP contribution in [0.5, 0.6) is 0 Å². The summed E-state index contributed by atoms with van der Waals surface area (Å²) in [4.78, 5) is 0. The van der Waals surface area contributed by atoms with Crippen molar-refractivity contribution in [3.8, 4) is 0 Å². The zero-order chi connectivity index (χ0) is 14.5. The van der Waals surface area contributed by atoms with Crippen molar-refractivity contribution < 1.29 is 8.78 Å². The number of halogens is 3. The minimum atomic E-state index is -0.347. The van der Waals surface area contributed by atoms with Gasteiger partial charge in [-0.05, 0) is 42.8 Å². The summed E-state index contributed by atoms with van der Waals surface area (Å²) >= 11 is 5.77. The lowest BCUT2D eigenvalue weighted by Gasteiger charge is -2.19. The van der Waals surface area contributed by atoms with Gasteiger partial charge in [0.2, 0.25) is 0 Å². The van der Waals surface area contributed by atoms with Crippen molar-refractivity contribution in [3.05, 3.63) is 70.2 Å². The van der Waals surface area contributed by atoms with Crippen LogP contribution in [0.4, 0.5) is 8.78 Å². The lowest BCUT2D eigenvalue weighted by molar-refractivity contribution is 0.509. The Kier molecular flexibility index (Phi) is 5.10. The number of hydrogen-bond acceptors (Lipinski definition) is 1. The van der Waals surface area contributed by atoms with Crippen LogP contribution in [-0.2, 0) is 6.42 Å². The first kappa shape index (κ1) is 14.9. The maximum Gasteiger partial charge on any atom is 0.129 e. The SMILES string of the molecule is CCNC(Cc1cccc(F)c1)c1ccc(Cl)cc1F. The van der Waals surface area contributed by atoms with E-state index in [9.17, 15) is 8.78 Å². The molecule has 0 saturated heterocycles. The average molecular weight is 296 g/mol. The highest BCUT2D eigenvalue weighted by atomic mass is 35.5. The molecular formula is C16H16ClF2N. The zero-order valence-electron chi connectivity index (χ0n) is 11.2. The predicted molar refractivity (Wildman–Crippen MR) is 77.9 cm³/mol. The first-order valence-electron chi connectivity index (χ1n) is 6.53. The summed E-state index contributed by atoms with van der Waals surface area (Å²) < 4.78 is 27.2. The molecule has 0 aliphatic rings. The van der Waals surface area contributed by atoms with Crippen LogP contribution >= 0.6 is 11.6 Å². The number of rotatable bonds is 5. The topological polar surface area (TPSA) is 12.0 Å². The van der Waals surface area contributed by atoms with Gasteiger partial charge in [0.1, 0.15) is 11.6 Å². The molecule has 1 unspecified atom stereocenters. The molecule has 0 saturated carbocycles. The summed E-state index contributed by atoms with van der Waals surface area (Å²) in [7, 11) is 0. The van der Waals surface area contributed by atoms with Crippen molar-refractivity contribution in [2.45, 2.75) is 19.4 Å². The van der Waals surface area contributed by atoms with Gasteiger partial charge in [0, 0.05) is 16.6 Å². The molecule has 0 spiro atoms. The van der Waals surface area contributed by atoms with Gasteiger partial charge in [-0.1, -0.05) is 36.7 Å². The van der Waals surface area contributed by atoms with Crippen LogP contribution in [0.1, 0.15) is 24.1 Å². The fourth-order valence-corrected chi connectivity index (χ4v) is 2.38. The molecule has 0 radical (unpaired) electrons. The third-order valence-electron chi connectivity index (χ3n) is 3.12. The van der Waals surface area contributed by atoms with E-state index in [1.807, 2.05) is 13.0 Å². The van der Waals surface area contributed by atoms with Gasteiger partial charge in [0.15, 0.2) is 0 Å². The predicted octanol–water partition coefficient (Wildman–Crippen LogP) is 4.51. The monoisotopic (exact) mass is 295 g/mol. The van der Waals surface area contributed by atoms with Crippen LogP contribution in [0, 0.1) is 11.6 Å². The van der Waals surface area contributed by atoms with Gasteiger partial charge in [-0.3, -0.25) is 0 Å². The van der Waals surface area contributed by atoms with E-state index in [4.69, 9.17) is 11.6 Å². The Morgan fingerprint density at radius 2 is 1.95 bits per heavy atom.